The van der Waals surface area contributed by atoms with Crippen LogP contribution in [-0.4, -0.2) is 41.6 Å². The Morgan fingerprint density at radius 3 is 3.20 bits per heavy atom. The van der Waals surface area contributed by atoms with Gasteiger partial charge in [0.25, 0.3) is 0 Å². The van der Waals surface area contributed by atoms with Crippen LogP contribution in [0.15, 0.2) is 6.20 Å². The summed E-state index contributed by atoms with van der Waals surface area (Å²) >= 11 is 1.67. The molecule has 6 heteroatoms. The number of nitrogens with one attached hydrogen (secondary N) is 1. The van der Waals surface area contributed by atoms with Gasteiger partial charge in [0.15, 0.2) is 5.13 Å². The quantitative estimate of drug-likeness (QED) is 0.784. The van der Waals surface area contributed by atoms with Crippen LogP contribution in [0.5, 0.6) is 0 Å². The molecule has 1 saturated heterocycles. The van der Waals surface area contributed by atoms with E-state index in [4.69, 9.17) is 4.74 Å². The van der Waals surface area contributed by atoms with E-state index in [1.54, 1.807) is 11.3 Å². The minimum atomic E-state index is -0.0844. The molecule has 5 nitrogen and oxygen atoms in total. The summed E-state index contributed by atoms with van der Waals surface area (Å²) in [5, 5.41) is 4.26. The van der Waals surface area contributed by atoms with Crippen molar-refractivity contribution in [1.82, 2.24) is 9.88 Å². The highest BCUT2D eigenvalue weighted by molar-refractivity contribution is 7.15. The number of carbonyl (C=O) groups is 1. The van der Waals surface area contributed by atoms with Crippen LogP contribution in [0.25, 0.3) is 0 Å². The van der Waals surface area contributed by atoms with Crippen molar-refractivity contribution in [3.05, 3.63) is 11.1 Å². The summed E-state index contributed by atoms with van der Waals surface area (Å²) in [7, 11) is 0. The first kappa shape index (κ1) is 15.3. The van der Waals surface area contributed by atoms with E-state index in [9.17, 15) is 4.79 Å². The molecule has 0 spiro atoms. The number of ether oxygens (including phenoxy) is 1. The van der Waals surface area contributed by atoms with Crippen molar-refractivity contribution in [2.75, 3.05) is 25.0 Å². The third-order valence-electron chi connectivity index (χ3n) is 3.36. The predicted molar refractivity (Wildman–Crippen MR) is 81.0 cm³/mol. The highest BCUT2D eigenvalue weighted by Gasteiger charge is 2.31. The average molecular weight is 297 g/mol. The van der Waals surface area contributed by atoms with Crippen LogP contribution in [0, 0.1) is 0 Å². The predicted octanol–water partition coefficient (Wildman–Crippen LogP) is 2.49. The van der Waals surface area contributed by atoms with E-state index >= 15 is 0 Å². The average Bonchev–Trinajstić information content (AvgIpc) is 3.06. The van der Waals surface area contributed by atoms with Gasteiger partial charge >= 0.3 is 5.97 Å². The van der Waals surface area contributed by atoms with Crippen molar-refractivity contribution in [2.24, 2.45) is 0 Å². The Morgan fingerprint density at radius 2 is 2.45 bits per heavy atom. The van der Waals surface area contributed by atoms with Gasteiger partial charge in [-0.15, -0.1) is 11.3 Å². The van der Waals surface area contributed by atoms with Gasteiger partial charge in [-0.25, -0.2) is 4.98 Å². The molecule has 1 N–H and O–H groups in total. The first-order valence-electron chi connectivity index (χ1n) is 7.33. The third-order valence-corrected chi connectivity index (χ3v) is 4.30. The van der Waals surface area contributed by atoms with Gasteiger partial charge in [0.05, 0.1) is 6.61 Å². The molecule has 0 radical (unpaired) electrons. The molecule has 2 heterocycles. The minimum Gasteiger partial charge on any atom is -0.465 e. The van der Waals surface area contributed by atoms with Crippen molar-refractivity contribution in [1.29, 1.82) is 0 Å². The molecule has 0 saturated carbocycles. The largest absolute Gasteiger partial charge is 0.465 e. The molecule has 0 bridgehead atoms. The molecule has 1 aromatic heterocycles. The Kier molecular flexibility index (Phi) is 5.79. The topological polar surface area (TPSA) is 54.5 Å². The first-order chi connectivity index (χ1) is 9.74. The zero-order valence-electron chi connectivity index (χ0n) is 12.2. The SMILES string of the molecule is CCCNc1ncc(CN2CCCC2C(=O)OCC)s1. The Hall–Kier alpha value is -1.14. The first-order valence-corrected chi connectivity index (χ1v) is 8.15. The van der Waals surface area contributed by atoms with Crippen LogP contribution >= 0.6 is 11.3 Å². The number of rotatable bonds is 7. The molecule has 1 fully saturated rings. The molecular weight excluding hydrogens is 274 g/mol. The Bertz CT molecular complexity index is 436. The second-order valence-electron chi connectivity index (χ2n) is 4.94. The molecule has 0 amide bonds. The molecule has 1 aliphatic rings. The molecule has 1 aliphatic heterocycles. The van der Waals surface area contributed by atoms with Crippen LogP contribution in [0.3, 0.4) is 0 Å². The molecule has 0 aliphatic carbocycles. The van der Waals surface area contributed by atoms with Crippen molar-refractivity contribution in [2.45, 2.75) is 45.7 Å². The van der Waals surface area contributed by atoms with Gasteiger partial charge in [0.2, 0.25) is 0 Å². The summed E-state index contributed by atoms with van der Waals surface area (Å²) in [5.41, 5.74) is 0. The smallest absolute Gasteiger partial charge is 0.323 e. The summed E-state index contributed by atoms with van der Waals surface area (Å²) in [6.45, 7) is 7.13. The maximum Gasteiger partial charge on any atom is 0.323 e. The highest BCUT2D eigenvalue weighted by Crippen LogP contribution is 2.25. The zero-order chi connectivity index (χ0) is 14.4. The van der Waals surface area contributed by atoms with E-state index < -0.39 is 0 Å². The lowest BCUT2D eigenvalue weighted by Crippen LogP contribution is -2.36. The van der Waals surface area contributed by atoms with Gasteiger partial charge in [-0.3, -0.25) is 9.69 Å². The van der Waals surface area contributed by atoms with Crippen LogP contribution < -0.4 is 5.32 Å². The van der Waals surface area contributed by atoms with Crippen molar-refractivity contribution in [3.8, 4) is 0 Å². The third kappa shape index (κ3) is 3.93. The van der Waals surface area contributed by atoms with Gasteiger partial charge in [-0.05, 0) is 32.7 Å². The number of hydrogen-bond acceptors (Lipinski definition) is 6. The molecule has 0 aromatic carbocycles. The summed E-state index contributed by atoms with van der Waals surface area (Å²) in [6.07, 6.45) is 4.96. The van der Waals surface area contributed by atoms with Crippen molar-refractivity contribution >= 4 is 22.4 Å². The monoisotopic (exact) mass is 297 g/mol. The lowest BCUT2D eigenvalue weighted by Gasteiger charge is -2.21. The van der Waals surface area contributed by atoms with Gasteiger partial charge < -0.3 is 10.1 Å². The summed E-state index contributed by atoms with van der Waals surface area (Å²) in [6, 6.07) is -0.0795. The van der Waals surface area contributed by atoms with Gasteiger partial charge in [0.1, 0.15) is 6.04 Å². The molecule has 112 valence electrons. The Balaban J connectivity index is 1.91. The van der Waals surface area contributed by atoms with Crippen molar-refractivity contribution < 1.29 is 9.53 Å². The van der Waals surface area contributed by atoms with Gasteiger partial charge in [-0.1, -0.05) is 6.92 Å². The molecule has 2 rings (SSSR count). The second kappa shape index (κ2) is 7.59. The highest BCUT2D eigenvalue weighted by atomic mass is 32.1. The number of hydrogen-bond donors (Lipinski definition) is 1. The molecule has 20 heavy (non-hydrogen) atoms. The number of thiazole rings is 1. The van der Waals surface area contributed by atoms with E-state index in [2.05, 4.69) is 22.1 Å². The fourth-order valence-electron chi connectivity index (χ4n) is 2.42. The van der Waals surface area contributed by atoms with Crippen LogP contribution in [0.2, 0.25) is 0 Å². The summed E-state index contributed by atoms with van der Waals surface area (Å²) < 4.78 is 5.15. The van der Waals surface area contributed by atoms with Crippen LogP contribution in [0.1, 0.15) is 38.0 Å². The van der Waals surface area contributed by atoms with Crippen LogP contribution in [-0.2, 0) is 16.1 Å². The van der Waals surface area contributed by atoms with Gasteiger partial charge in [0, 0.05) is 24.2 Å². The minimum absolute atomic E-state index is 0.0795. The van der Waals surface area contributed by atoms with E-state index in [1.807, 2.05) is 13.1 Å². The normalized spacial score (nSPS) is 19.2. The number of aromatic nitrogens is 1. The Morgan fingerprint density at radius 1 is 1.60 bits per heavy atom. The zero-order valence-corrected chi connectivity index (χ0v) is 13.0. The summed E-state index contributed by atoms with van der Waals surface area (Å²) in [5.74, 6) is -0.0844. The second-order valence-corrected chi connectivity index (χ2v) is 6.05. The lowest BCUT2D eigenvalue weighted by atomic mass is 10.2. The maximum absolute atomic E-state index is 11.9. The molecular formula is C14H23N3O2S. The van der Waals surface area contributed by atoms with Gasteiger partial charge in [-0.2, -0.15) is 0 Å². The molecule has 1 aromatic rings. The fourth-order valence-corrected chi connectivity index (χ4v) is 3.28. The van der Waals surface area contributed by atoms with E-state index in [0.29, 0.717) is 6.61 Å². The van der Waals surface area contributed by atoms with E-state index in [1.165, 1.54) is 4.88 Å². The van der Waals surface area contributed by atoms with E-state index in [0.717, 1.165) is 44.0 Å². The van der Waals surface area contributed by atoms with E-state index in [-0.39, 0.29) is 12.0 Å². The Labute approximate surface area is 124 Å². The summed E-state index contributed by atoms with van der Waals surface area (Å²) in [4.78, 5) is 19.7. The number of likely N-dealkylation sites (tertiary alicyclic amines) is 1. The fraction of sp³-hybridized carbons (Fsp3) is 0.714. The standard InChI is InChI=1S/C14H23N3O2S/c1-3-7-15-14-16-9-11(20-14)10-17-8-5-6-12(17)13(18)19-4-2/h9,12H,3-8,10H2,1-2H3,(H,15,16). The van der Waals surface area contributed by atoms with Crippen molar-refractivity contribution in [3.63, 3.8) is 0 Å². The number of carbonyl (C=O) groups excluding carboxylic acids is 1. The number of esters is 1. The number of nitrogens with zero attached hydrogens (tertiary/aromatic N) is 2. The molecule has 1 unspecified atom stereocenters. The van der Waals surface area contributed by atoms with Crippen LogP contribution in [0.4, 0.5) is 5.13 Å². The molecule has 1 atom stereocenters. The maximum atomic E-state index is 11.9. The number of anilines is 1. The lowest BCUT2D eigenvalue weighted by molar-refractivity contribution is -0.148.